The Bertz CT molecular complexity index is 616. The first kappa shape index (κ1) is 16.0. The van der Waals surface area contributed by atoms with Crippen molar-refractivity contribution in [2.75, 3.05) is 6.61 Å². The number of benzene rings is 1. The van der Waals surface area contributed by atoms with E-state index >= 15 is 0 Å². The fourth-order valence-electron chi connectivity index (χ4n) is 2.02. The van der Waals surface area contributed by atoms with E-state index in [1.165, 1.54) is 26.3 Å². The lowest BCUT2D eigenvalue weighted by atomic mass is 10.1. The van der Waals surface area contributed by atoms with Crippen LogP contribution in [0.4, 0.5) is 0 Å². The molecule has 1 heterocycles. The summed E-state index contributed by atoms with van der Waals surface area (Å²) in [6.07, 6.45) is 1.89. The minimum atomic E-state index is -1.01. The van der Waals surface area contributed by atoms with Crippen LogP contribution in [0.3, 0.4) is 0 Å². The highest BCUT2D eigenvalue weighted by molar-refractivity contribution is 14.1. The lowest BCUT2D eigenvalue weighted by Gasteiger charge is -2.15. The molecule has 0 saturated carbocycles. The molecule has 1 aromatic heterocycles. The molecule has 0 unspecified atom stereocenters. The maximum absolute atomic E-state index is 5.83. The van der Waals surface area contributed by atoms with Crippen LogP contribution in [-0.4, -0.2) is 24.2 Å². The van der Waals surface area contributed by atoms with Crippen LogP contribution in [-0.2, 0) is 11.5 Å². The minimum absolute atomic E-state index is 0.597. The van der Waals surface area contributed by atoms with E-state index in [-0.39, 0.29) is 0 Å². The lowest BCUT2D eigenvalue weighted by molar-refractivity contribution is 0.0898. The highest BCUT2D eigenvalue weighted by Gasteiger charge is 2.13. The van der Waals surface area contributed by atoms with Gasteiger partial charge in [0.2, 0.25) is 0 Å². The zero-order valence-electron chi connectivity index (χ0n) is 13.0. The molecule has 5 heteroatoms. The van der Waals surface area contributed by atoms with E-state index < -0.39 is 8.07 Å². The van der Waals surface area contributed by atoms with Gasteiger partial charge in [-0.05, 0) is 59.7 Å². The van der Waals surface area contributed by atoms with E-state index in [9.17, 15) is 0 Å². The number of imidazole rings is 1. The lowest BCUT2D eigenvalue weighted by Crippen LogP contribution is -2.21. The van der Waals surface area contributed by atoms with Crippen LogP contribution in [0, 0.1) is 17.4 Å². The fourth-order valence-corrected chi connectivity index (χ4v) is 3.62. The predicted octanol–water partition coefficient (Wildman–Crippen LogP) is 4.57. The Kier molecular flexibility index (Phi) is 4.91. The van der Waals surface area contributed by atoms with Crippen molar-refractivity contribution in [3.63, 3.8) is 0 Å². The topological polar surface area (TPSA) is 27.1 Å². The summed E-state index contributed by atoms with van der Waals surface area (Å²) in [5, 5.41) is 0. The molecule has 0 spiro atoms. The van der Waals surface area contributed by atoms with Crippen molar-refractivity contribution in [2.45, 2.75) is 46.3 Å². The van der Waals surface area contributed by atoms with Crippen molar-refractivity contribution in [2.24, 2.45) is 0 Å². The van der Waals surface area contributed by atoms with Crippen molar-refractivity contribution >= 4 is 41.7 Å². The van der Waals surface area contributed by atoms with Gasteiger partial charge in [0, 0.05) is 18.3 Å². The zero-order chi connectivity index (χ0) is 14.9. The Morgan fingerprint density at radius 1 is 1.30 bits per heavy atom. The summed E-state index contributed by atoms with van der Waals surface area (Å²) < 4.78 is 9.18. The maximum Gasteiger partial charge on any atom is 0.124 e. The molecular weight excluding hydrogens is 379 g/mol. The molecule has 0 bridgehead atoms. The molecule has 1 aromatic carbocycles. The highest BCUT2D eigenvalue weighted by atomic mass is 127. The molecule has 0 aliphatic rings. The van der Waals surface area contributed by atoms with Gasteiger partial charge in [-0.25, -0.2) is 4.98 Å². The van der Waals surface area contributed by atoms with Crippen LogP contribution in [0.5, 0.6) is 0 Å². The second-order valence-electron chi connectivity index (χ2n) is 6.56. The molecule has 20 heavy (non-hydrogen) atoms. The molecule has 2 rings (SSSR count). The van der Waals surface area contributed by atoms with Gasteiger partial charge in [0.05, 0.1) is 11.8 Å². The van der Waals surface area contributed by atoms with Gasteiger partial charge in [-0.2, -0.15) is 0 Å². The number of fused-ring (bicyclic) bond motifs is 1. The van der Waals surface area contributed by atoms with Crippen molar-refractivity contribution in [1.82, 2.24) is 9.55 Å². The monoisotopic (exact) mass is 402 g/mol. The number of hydrogen-bond acceptors (Lipinski definition) is 2. The largest absolute Gasteiger partial charge is 0.361 e. The van der Waals surface area contributed by atoms with Gasteiger partial charge < -0.3 is 9.30 Å². The number of ether oxygens (including phenoxy) is 1. The maximum atomic E-state index is 5.83. The second-order valence-corrected chi connectivity index (χ2v) is 13.3. The van der Waals surface area contributed by atoms with Crippen molar-refractivity contribution in [1.29, 1.82) is 0 Å². The number of aryl methyl sites for hydroxylation is 1. The molecule has 0 aliphatic heterocycles. The van der Waals surface area contributed by atoms with Gasteiger partial charge in [-0.15, -0.1) is 0 Å². The first-order chi connectivity index (χ1) is 9.29. The number of aromatic nitrogens is 2. The fraction of sp³-hybridized carbons (Fsp3) is 0.533. The van der Waals surface area contributed by atoms with Crippen LogP contribution in [0.25, 0.3) is 11.0 Å². The van der Waals surface area contributed by atoms with Gasteiger partial charge in [0.25, 0.3) is 0 Å². The molecule has 0 amide bonds. The van der Waals surface area contributed by atoms with Gasteiger partial charge >= 0.3 is 0 Å². The molecule has 0 atom stereocenters. The number of nitrogens with zero attached hydrogens (tertiary/aromatic N) is 2. The van der Waals surface area contributed by atoms with Crippen molar-refractivity contribution in [3.05, 3.63) is 27.1 Å². The average Bonchev–Trinajstić information content (AvgIpc) is 2.74. The van der Waals surface area contributed by atoms with Crippen LogP contribution in [0.2, 0.25) is 25.7 Å². The van der Waals surface area contributed by atoms with E-state index in [4.69, 9.17) is 4.74 Å². The molecule has 2 aromatic rings. The van der Waals surface area contributed by atoms with Crippen LogP contribution in [0.15, 0.2) is 12.4 Å². The number of rotatable bonds is 5. The second kappa shape index (κ2) is 6.15. The molecule has 110 valence electrons. The molecular formula is C15H23IN2OSi. The van der Waals surface area contributed by atoms with Gasteiger partial charge in [-0.1, -0.05) is 19.6 Å². The average molecular weight is 402 g/mol. The van der Waals surface area contributed by atoms with Gasteiger partial charge in [-0.3, -0.25) is 0 Å². The standard InChI is InChI=1S/C15H23IN2OSi/c1-11-8-13-15(14(16)12(11)2)17-9-18(13)10-19-6-7-20(3,4)5/h8-9H,6-7,10H2,1-5H3. The third kappa shape index (κ3) is 3.62. The van der Waals surface area contributed by atoms with Crippen LogP contribution in [0.1, 0.15) is 11.1 Å². The zero-order valence-corrected chi connectivity index (χ0v) is 16.1. The summed E-state index contributed by atoms with van der Waals surface area (Å²) in [6.45, 7) is 12.9. The highest BCUT2D eigenvalue weighted by Crippen LogP contribution is 2.25. The molecule has 0 saturated heterocycles. The van der Waals surface area contributed by atoms with E-state index in [0.29, 0.717) is 6.73 Å². The molecule has 0 aliphatic carbocycles. The Balaban J connectivity index is 2.12. The normalized spacial score (nSPS) is 12.3. The van der Waals surface area contributed by atoms with Gasteiger partial charge in [0.15, 0.2) is 0 Å². The van der Waals surface area contributed by atoms with Crippen molar-refractivity contribution in [3.8, 4) is 0 Å². The molecule has 0 N–H and O–H groups in total. The smallest absolute Gasteiger partial charge is 0.124 e. The Labute approximate surface area is 135 Å². The van der Waals surface area contributed by atoms with E-state index in [1.54, 1.807) is 0 Å². The van der Waals surface area contributed by atoms with Crippen molar-refractivity contribution < 1.29 is 4.74 Å². The Hall–Kier alpha value is -0.403. The quantitative estimate of drug-likeness (QED) is 0.416. The summed E-state index contributed by atoms with van der Waals surface area (Å²) in [5.74, 6) is 0. The third-order valence-corrected chi connectivity index (χ3v) is 6.61. The summed E-state index contributed by atoms with van der Waals surface area (Å²) in [4.78, 5) is 4.53. The first-order valence-electron chi connectivity index (χ1n) is 6.98. The number of hydrogen-bond donors (Lipinski definition) is 0. The van der Waals surface area contributed by atoms with E-state index in [2.05, 4.69) is 71.7 Å². The molecule has 0 radical (unpaired) electrons. The van der Waals surface area contributed by atoms with E-state index in [0.717, 1.165) is 12.1 Å². The number of halogens is 1. The summed E-state index contributed by atoms with van der Waals surface area (Å²) in [5.41, 5.74) is 4.89. The summed E-state index contributed by atoms with van der Waals surface area (Å²) >= 11 is 2.39. The van der Waals surface area contributed by atoms with Crippen LogP contribution >= 0.6 is 22.6 Å². The third-order valence-electron chi connectivity index (χ3n) is 3.59. The van der Waals surface area contributed by atoms with Crippen LogP contribution < -0.4 is 0 Å². The SMILES string of the molecule is Cc1cc2c(ncn2COCC[Si](C)(C)C)c(I)c1C. The minimum Gasteiger partial charge on any atom is -0.361 e. The Morgan fingerprint density at radius 2 is 2.00 bits per heavy atom. The Morgan fingerprint density at radius 3 is 2.65 bits per heavy atom. The summed E-state index contributed by atoms with van der Waals surface area (Å²) in [6, 6.07) is 3.41. The molecule has 0 fully saturated rings. The summed E-state index contributed by atoms with van der Waals surface area (Å²) in [7, 11) is -1.01. The van der Waals surface area contributed by atoms with E-state index in [1.807, 2.05) is 6.33 Å². The molecule has 3 nitrogen and oxygen atoms in total. The van der Waals surface area contributed by atoms with Gasteiger partial charge in [0.1, 0.15) is 12.2 Å². The first-order valence-corrected chi connectivity index (χ1v) is 11.8. The predicted molar refractivity (Wildman–Crippen MR) is 96.0 cm³/mol.